The molecule has 0 bridgehead atoms. The summed E-state index contributed by atoms with van der Waals surface area (Å²) in [5.41, 5.74) is 4.67. The van der Waals surface area contributed by atoms with E-state index in [-0.39, 0.29) is 0 Å². The summed E-state index contributed by atoms with van der Waals surface area (Å²) in [4.78, 5) is 2.52. The number of fused-ring (bicyclic) bond motifs is 1. The van der Waals surface area contributed by atoms with Crippen LogP contribution in [0.4, 0.5) is 0 Å². The molecule has 1 saturated carbocycles. The fourth-order valence-electron chi connectivity index (χ4n) is 4.66. The van der Waals surface area contributed by atoms with Crippen molar-refractivity contribution in [1.82, 2.24) is 10.2 Å². The number of hydrogen-bond donors (Lipinski definition) is 1. The van der Waals surface area contributed by atoms with Gasteiger partial charge in [0.2, 0.25) is 0 Å². The van der Waals surface area contributed by atoms with E-state index >= 15 is 0 Å². The average Bonchev–Trinajstić information content (AvgIpc) is 2.63. The Kier molecular flexibility index (Phi) is 4.98. The molecule has 3 nitrogen and oxygen atoms in total. The molecule has 1 N–H and O–H groups in total. The van der Waals surface area contributed by atoms with Crippen LogP contribution in [0, 0.1) is 5.92 Å². The van der Waals surface area contributed by atoms with Crippen LogP contribution in [0.5, 0.6) is 0 Å². The minimum absolute atomic E-state index is 0.608. The number of rotatable bonds is 3. The van der Waals surface area contributed by atoms with Gasteiger partial charge in [0, 0.05) is 25.7 Å². The molecule has 1 aromatic rings. The summed E-state index contributed by atoms with van der Waals surface area (Å²) in [6, 6.07) is 7.89. The summed E-state index contributed by atoms with van der Waals surface area (Å²) >= 11 is 0. The van der Waals surface area contributed by atoms with Gasteiger partial charge in [-0.1, -0.05) is 37.5 Å². The van der Waals surface area contributed by atoms with E-state index in [9.17, 15) is 0 Å². The zero-order valence-corrected chi connectivity index (χ0v) is 14.2. The largest absolute Gasteiger partial charge is 0.379 e. The Balaban J connectivity index is 1.49. The standard InChI is InChI=1S/C20H30N2O/c1-2-4-17(5-3-1)20-19-7-6-16(14-18(19)8-9-21-20)15-22-10-12-23-13-11-22/h6-7,14,17,20-21H,1-5,8-13,15H2. The highest BCUT2D eigenvalue weighted by Gasteiger charge is 2.28. The van der Waals surface area contributed by atoms with Crippen LogP contribution in [-0.4, -0.2) is 37.7 Å². The van der Waals surface area contributed by atoms with E-state index in [1.54, 1.807) is 11.1 Å². The van der Waals surface area contributed by atoms with Crippen molar-refractivity contribution < 1.29 is 4.74 Å². The highest BCUT2D eigenvalue weighted by Crippen LogP contribution is 2.37. The average molecular weight is 314 g/mol. The number of benzene rings is 1. The van der Waals surface area contributed by atoms with Gasteiger partial charge in [-0.15, -0.1) is 0 Å². The molecule has 1 aliphatic carbocycles. The smallest absolute Gasteiger partial charge is 0.0594 e. The second kappa shape index (κ2) is 7.33. The Bertz CT molecular complexity index is 518. The van der Waals surface area contributed by atoms with Crippen molar-refractivity contribution in [3.63, 3.8) is 0 Å². The number of nitrogens with zero attached hydrogens (tertiary/aromatic N) is 1. The Morgan fingerprint density at radius 1 is 1.09 bits per heavy atom. The zero-order chi connectivity index (χ0) is 15.5. The second-order valence-electron chi connectivity index (χ2n) is 7.50. The van der Waals surface area contributed by atoms with Gasteiger partial charge in [0.25, 0.3) is 0 Å². The number of hydrogen-bond acceptors (Lipinski definition) is 3. The summed E-state index contributed by atoms with van der Waals surface area (Å²) in [5, 5.41) is 3.82. The molecule has 0 amide bonds. The van der Waals surface area contributed by atoms with E-state index in [0.717, 1.165) is 45.3 Å². The highest BCUT2D eigenvalue weighted by molar-refractivity contribution is 5.37. The van der Waals surface area contributed by atoms with Crippen LogP contribution < -0.4 is 5.32 Å². The van der Waals surface area contributed by atoms with E-state index in [0.29, 0.717) is 6.04 Å². The van der Waals surface area contributed by atoms with Crippen molar-refractivity contribution in [2.75, 3.05) is 32.8 Å². The third kappa shape index (κ3) is 3.62. The van der Waals surface area contributed by atoms with Gasteiger partial charge < -0.3 is 10.1 Å². The first-order chi connectivity index (χ1) is 11.4. The molecular weight excluding hydrogens is 284 g/mol. The molecule has 3 aliphatic rings. The first kappa shape index (κ1) is 15.6. The molecule has 4 rings (SSSR count). The molecule has 0 aromatic heterocycles. The van der Waals surface area contributed by atoms with Gasteiger partial charge in [-0.05, 0) is 48.4 Å². The molecular formula is C20H30N2O. The topological polar surface area (TPSA) is 24.5 Å². The van der Waals surface area contributed by atoms with Crippen LogP contribution >= 0.6 is 0 Å². The van der Waals surface area contributed by atoms with Gasteiger partial charge in [0.1, 0.15) is 0 Å². The van der Waals surface area contributed by atoms with Crippen LogP contribution in [-0.2, 0) is 17.7 Å². The van der Waals surface area contributed by atoms with E-state index in [4.69, 9.17) is 4.74 Å². The summed E-state index contributed by atoms with van der Waals surface area (Å²) in [5.74, 6) is 0.855. The van der Waals surface area contributed by atoms with Gasteiger partial charge in [-0.3, -0.25) is 4.90 Å². The van der Waals surface area contributed by atoms with Crippen LogP contribution in [0.3, 0.4) is 0 Å². The molecule has 3 heteroatoms. The number of ether oxygens (including phenoxy) is 1. The highest BCUT2D eigenvalue weighted by atomic mass is 16.5. The van der Waals surface area contributed by atoms with E-state index in [2.05, 4.69) is 28.4 Å². The predicted molar refractivity (Wildman–Crippen MR) is 93.6 cm³/mol. The lowest BCUT2D eigenvalue weighted by Gasteiger charge is -2.36. The molecule has 0 spiro atoms. The lowest BCUT2D eigenvalue weighted by molar-refractivity contribution is 0.0342. The Morgan fingerprint density at radius 3 is 2.74 bits per heavy atom. The van der Waals surface area contributed by atoms with Crippen molar-refractivity contribution in [2.45, 2.75) is 51.1 Å². The van der Waals surface area contributed by atoms with Crippen LogP contribution in [0.1, 0.15) is 54.8 Å². The Labute approximate surface area is 140 Å². The Hall–Kier alpha value is -0.900. The van der Waals surface area contributed by atoms with Crippen molar-refractivity contribution in [3.05, 3.63) is 34.9 Å². The van der Waals surface area contributed by atoms with E-state index in [1.165, 1.54) is 44.1 Å². The molecule has 1 unspecified atom stereocenters. The van der Waals surface area contributed by atoms with Gasteiger partial charge in [0.15, 0.2) is 0 Å². The lowest BCUT2D eigenvalue weighted by atomic mass is 9.78. The zero-order valence-electron chi connectivity index (χ0n) is 14.2. The normalized spacial score (nSPS) is 26.9. The summed E-state index contributed by atoms with van der Waals surface area (Å²) < 4.78 is 5.46. The minimum Gasteiger partial charge on any atom is -0.379 e. The third-order valence-corrected chi connectivity index (χ3v) is 5.93. The molecule has 1 saturated heterocycles. The van der Waals surface area contributed by atoms with Crippen LogP contribution in [0.2, 0.25) is 0 Å². The third-order valence-electron chi connectivity index (χ3n) is 5.93. The van der Waals surface area contributed by atoms with Crippen molar-refractivity contribution >= 4 is 0 Å². The maximum atomic E-state index is 5.46. The summed E-state index contributed by atoms with van der Waals surface area (Å²) in [6.45, 7) is 6.15. The molecule has 1 aromatic carbocycles. The predicted octanol–water partition coefficient (Wildman–Crippen LogP) is 3.29. The van der Waals surface area contributed by atoms with E-state index < -0.39 is 0 Å². The molecule has 2 fully saturated rings. The number of morpholine rings is 1. The van der Waals surface area contributed by atoms with Crippen molar-refractivity contribution in [2.24, 2.45) is 5.92 Å². The fraction of sp³-hybridized carbons (Fsp3) is 0.700. The van der Waals surface area contributed by atoms with Crippen molar-refractivity contribution in [1.29, 1.82) is 0 Å². The lowest BCUT2D eigenvalue weighted by Crippen LogP contribution is -2.37. The maximum absolute atomic E-state index is 5.46. The van der Waals surface area contributed by atoms with Crippen molar-refractivity contribution in [3.8, 4) is 0 Å². The molecule has 23 heavy (non-hydrogen) atoms. The molecule has 126 valence electrons. The first-order valence-electron chi connectivity index (χ1n) is 9.55. The molecule has 1 atom stereocenters. The molecule has 2 aliphatic heterocycles. The van der Waals surface area contributed by atoms with Gasteiger partial charge >= 0.3 is 0 Å². The van der Waals surface area contributed by atoms with Gasteiger partial charge in [-0.25, -0.2) is 0 Å². The summed E-state index contributed by atoms with van der Waals surface area (Å²) in [6.07, 6.45) is 8.30. The van der Waals surface area contributed by atoms with Gasteiger partial charge in [0.05, 0.1) is 13.2 Å². The van der Waals surface area contributed by atoms with Crippen LogP contribution in [0.15, 0.2) is 18.2 Å². The SMILES string of the molecule is c1cc2c(cc1CN1CCOCC1)CCNC2C1CCCCC1. The van der Waals surface area contributed by atoms with Gasteiger partial charge in [-0.2, -0.15) is 0 Å². The summed E-state index contributed by atoms with van der Waals surface area (Å²) in [7, 11) is 0. The quantitative estimate of drug-likeness (QED) is 0.926. The number of nitrogens with one attached hydrogen (secondary N) is 1. The van der Waals surface area contributed by atoms with E-state index in [1.807, 2.05) is 0 Å². The maximum Gasteiger partial charge on any atom is 0.0594 e. The fourth-order valence-corrected chi connectivity index (χ4v) is 4.66. The molecule has 0 radical (unpaired) electrons. The Morgan fingerprint density at radius 2 is 1.91 bits per heavy atom. The van der Waals surface area contributed by atoms with Crippen LogP contribution in [0.25, 0.3) is 0 Å². The minimum atomic E-state index is 0.608. The molecule has 2 heterocycles. The first-order valence-corrected chi connectivity index (χ1v) is 9.55. The second-order valence-corrected chi connectivity index (χ2v) is 7.50. The monoisotopic (exact) mass is 314 g/mol.